The molecule has 0 radical (unpaired) electrons. The first-order valence-corrected chi connectivity index (χ1v) is 9.21. The van der Waals surface area contributed by atoms with Crippen LogP contribution in [0.25, 0.3) is 0 Å². The number of hydrogen-bond acceptors (Lipinski definition) is 3. The van der Waals surface area contributed by atoms with Crippen LogP contribution in [0.2, 0.25) is 0 Å². The molecule has 1 atom stereocenters. The summed E-state index contributed by atoms with van der Waals surface area (Å²) in [5, 5.41) is 5.53. The molecule has 26 heavy (non-hydrogen) atoms. The Hall–Kier alpha value is -2.57. The minimum Gasteiger partial charge on any atom is -0.342 e. The molecule has 0 aromatic heterocycles. The lowest BCUT2D eigenvalue weighted by molar-refractivity contribution is -0.134. The summed E-state index contributed by atoms with van der Waals surface area (Å²) in [5.74, 6) is -0.239. The van der Waals surface area contributed by atoms with Crippen molar-refractivity contribution < 1.29 is 14.4 Å². The van der Waals surface area contributed by atoms with Gasteiger partial charge in [0.25, 0.3) is 0 Å². The molecule has 1 aromatic rings. The monoisotopic (exact) mass is 358 g/mol. The van der Waals surface area contributed by atoms with Crippen LogP contribution in [0.3, 0.4) is 0 Å². The van der Waals surface area contributed by atoms with E-state index in [0.717, 1.165) is 25.9 Å². The van der Waals surface area contributed by atoms with Gasteiger partial charge >= 0.3 is 6.03 Å². The highest BCUT2D eigenvalue weighted by Crippen LogP contribution is 2.29. The fourth-order valence-electron chi connectivity index (χ4n) is 3.50. The zero-order chi connectivity index (χ0) is 18.7. The molecule has 0 aliphatic carbocycles. The van der Waals surface area contributed by atoms with Crippen LogP contribution in [-0.2, 0) is 9.59 Å². The van der Waals surface area contributed by atoms with E-state index in [2.05, 4.69) is 10.6 Å². The van der Waals surface area contributed by atoms with Crippen LogP contribution in [-0.4, -0.2) is 48.4 Å². The van der Waals surface area contributed by atoms with E-state index in [1.54, 1.807) is 23.1 Å². The standard InChI is InChI=1S/C19H26N4O3/c1-13(2)20-19(26)21-15-6-5-7-16(11-15)23-12-14(10-17(23)24)18(25)22-8-3-4-9-22/h5-7,11,13-14H,3-4,8-10,12H2,1-2H3,(H2,20,21,26). The number of anilines is 2. The van der Waals surface area contributed by atoms with Gasteiger partial charge in [0.2, 0.25) is 11.8 Å². The van der Waals surface area contributed by atoms with Gasteiger partial charge in [0.05, 0.1) is 5.92 Å². The van der Waals surface area contributed by atoms with Gasteiger partial charge < -0.3 is 20.4 Å². The second kappa shape index (κ2) is 7.76. The summed E-state index contributed by atoms with van der Waals surface area (Å²) in [6.45, 7) is 5.77. The fourth-order valence-corrected chi connectivity index (χ4v) is 3.50. The molecular formula is C19H26N4O3. The summed E-state index contributed by atoms with van der Waals surface area (Å²) in [7, 11) is 0. The smallest absolute Gasteiger partial charge is 0.319 e. The average Bonchev–Trinajstić information content (AvgIpc) is 3.23. The predicted octanol–water partition coefficient (Wildman–Crippen LogP) is 2.19. The highest BCUT2D eigenvalue weighted by Gasteiger charge is 2.37. The molecule has 0 spiro atoms. The zero-order valence-corrected chi connectivity index (χ0v) is 15.3. The summed E-state index contributed by atoms with van der Waals surface area (Å²) in [6, 6.07) is 6.91. The van der Waals surface area contributed by atoms with E-state index >= 15 is 0 Å². The van der Waals surface area contributed by atoms with E-state index < -0.39 is 0 Å². The van der Waals surface area contributed by atoms with Crippen LogP contribution in [0.1, 0.15) is 33.1 Å². The first-order chi connectivity index (χ1) is 12.4. The maximum absolute atomic E-state index is 12.6. The Balaban J connectivity index is 1.67. The Morgan fingerprint density at radius 3 is 2.62 bits per heavy atom. The molecule has 2 fully saturated rings. The lowest BCUT2D eigenvalue weighted by Crippen LogP contribution is -2.35. The van der Waals surface area contributed by atoms with Crippen molar-refractivity contribution in [3.8, 4) is 0 Å². The first-order valence-electron chi connectivity index (χ1n) is 9.21. The second-order valence-electron chi connectivity index (χ2n) is 7.24. The summed E-state index contributed by atoms with van der Waals surface area (Å²) in [5.41, 5.74) is 1.32. The van der Waals surface area contributed by atoms with E-state index in [-0.39, 0.29) is 36.2 Å². The van der Waals surface area contributed by atoms with Crippen LogP contribution in [0, 0.1) is 5.92 Å². The highest BCUT2D eigenvalue weighted by molar-refractivity contribution is 6.01. The normalized spacial score (nSPS) is 20.0. The molecule has 0 bridgehead atoms. The number of nitrogens with one attached hydrogen (secondary N) is 2. The van der Waals surface area contributed by atoms with Crippen LogP contribution in [0.15, 0.2) is 24.3 Å². The molecule has 2 N–H and O–H groups in total. The van der Waals surface area contributed by atoms with Gasteiger partial charge in [-0.05, 0) is 44.9 Å². The molecular weight excluding hydrogens is 332 g/mol. The van der Waals surface area contributed by atoms with Crippen molar-refractivity contribution >= 4 is 29.2 Å². The molecule has 1 unspecified atom stereocenters. The number of carbonyl (C=O) groups is 3. The molecule has 3 rings (SSSR count). The minimum atomic E-state index is -0.285. The van der Waals surface area contributed by atoms with Gasteiger partial charge in [0.15, 0.2) is 0 Å². The summed E-state index contributed by atoms with van der Waals surface area (Å²) >= 11 is 0. The van der Waals surface area contributed by atoms with Gasteiger partial charge in [-0.3, -0.25) is 9.59 Å². The number of likely N-dealkylation sites (tertiary alicyclic amines) is 1. The van der Waals surface area contributed by atoms with Gasteiger partial charge in [-0.25, -0.2) is 4.79 Å². The lowest BCUT2D eigenvalue weighted by atomic mass is 10.1. The Labute approximate surface area is 153 Å². The van der Waals surface area contributed by atoms with E-state index in [1.165, 1.54) is 0 Å². The van der Waals surface area contributed by atoms with Crippen LogP contribution >= 0.6 is 0 Å². The molecule has 1 aromatic carbocycles. The Morgan fingerprint density at radius 2 is 1.92 bits per heavy atom. The second-order valence-corrected chi connectivity index (χ2v) is 7.24. The zero-order valence-electron chi connectivity index (χ0n) is 15.3. The van der Waals surface area contributed by atoms with Crippen molar-refractivity contribution in [2.45, 2.75) is 39.2 Å². The summed E-state index contributed by atoms with van der Waals surface area (Å²) < 4.78 is 0. The number of carbonyl (C=O) groups excluding carboxylic acids is 3. The molecule has 2 aliphatic heterocycles. The maximum Gasteiger partial charge on any atom is 0.319 e. The van der Waals surface area contributed by atoms with Crippen LogP contribution < -0.4 is 15.5 Å². The van der Waals surface area contributed by atoms with E-state index in [4.69, 9.17) is 0 Å². The molecule has 2 heterocycles. The van der Waals surface area contributed by atoms with Gasteiger partial charge in [0.1, 0.15) is 0 Å². The van der Waals surface area contributed by atoms with Gasteiger partial charge in [-0.2, -0.15) is 0 Å². The lowest BCUT2D eigenvalue weighted by Gasteiger charge is -2.21. The van der Waals surface area contributed by atoms with Gasteiger partial charge in [-0.15, -0.1) is 0 Å². The average molecular weight is 358 g/mol. The SMILES string of the molecule is CC(C)NC(=O)Nc1cccc(N2CC(C(=O)N3CCCC3)CC2=O)c1. The topological polar surface area (TPSA) is 81.8 Å². The number of urea groups is 1. The molecule has 2 aliphatic rings. The largest absolute Gasteiger partial charge is 0.342 e. The molecule has 7 nitrogen and oxygen atoms in total. The first kappa shape index (κ1) is 18.2. The maximum atomic E-state index is 12.6. The highest BCUT2D eigenvalue weighted by atomic mass is 16.2. The quantitative estimate of drug-likeness (QED) is 0.866. The predicted molar refractivity (Wildman–Crippen MR) is 100 cm³/mol. The minimum absolute atomic E-state index is 0.0377. The van der Waals surface area contributed by atoms with Crippen molar-refractivity contribution in [3.05, 3.63) is 24.3 Å². The van der Waals surface area contributed by atoms with E-state index in [0.29, 0.717) is 17.9 Å². The molecule has 7 heteroatoms. The third kappa shape index (κ3) is 4.15. The van der Waals surface area contributed by atoms with E-state index in [9.17, 15) is 14.4 Å². The van der Waals surface area contributed by atoms with E-state index in [1.807, 2.05) is 24.8 Å². The van der Waals surface area contributed by atoms with Crippen molar-refractivity contribution in [1.82, 2.24) is 10.2 Å². The summed E-state index contributed by atoms with van der Waals surface area (Å²) in [6.07, 6.45) is 2.34. The summed E-state index contributed by atoms with van der Waals surface area (Å²) in [4.78, 5) is 40.4. The van der Waals surface area contributed by atoms with Crippen molar-refractivity contribution in [3.63, 3.8) is 0 Å². The van der Waals surface area contributed by atoms with Gasteiger partial charge in [0, 0.05) is 43.5 Å². The fraction of sp³-hybridized carbons (Fsp3) is 0.526. The molecule has 2 saturated heterocycles. The van der Waals surface area contributed by atoms with Crippen LogP contribution in [0.5, 0.6) is 0 Å². The number of hydrogen-bond donors (Lipinski definition) is 2. The number of benzene rings is 1. The Kier molecular flexibility index (Phi) is 5.44. The molecule has 140 valence electrons. The van der Waals surface area contributed by atoms with Crippen molar-refractivity contribution in [2.24, 2.45) is 5.92 Å². The van der Waals surface area contributed by atoms with Crippen LogP contribution in [0.4, 0.5) is 16.2 Å². The Morgan fingerprint density at radius 1 is 1.19 bits per heavy atom. The molecule has 4 amide bonds. The van der Waals surface area contributed by atoms with Crippen molar-refractivity contribution in [1.29, 1.82) is 0 Å². The third-order valence-corrected chi connectivity index (χ3v) is 4.73. The molecule has 0 saturated carbocycles. The van der Waals surface area contributed by atoms with Gasteiger partial charge in [-0.1, -0.05) is 6.07 Å². The van der Waals surface area contributed by atoms with Crippen molar-refractivity contribution in [2.75, 3.05) is 29.9 Å². The third-order valence-electron chi connectivity index (χ3n) is 4.73. The number of nitrogens with zero attached hydrogens (tertiary/aromatic N) is 2. The Bertz CT molecular complexity index is 698. The number of amides is 4. The number of rotatable bonds is 4.